The van der Waals surface area contributed by atoms with E-state index < -0.39 is 0 Å². The molecule has 0 fully saturated rings. The van der Waals surface area contributed by atoms with Crippen LogP contribution in [0.2, 0.25) is 0 Å². The lowest BCUT2D eigenvalue weighted by atomic mass is 10.2. The quantitative estimate of drug-likeness (QED) is 0.757. The number of hydrogen-bond donors (Lipinski definition) is 1. The molecule has 0 bridgehead atoms. The zero-order valence-electron chi connectivity index (χ0n) is 10.2. The fourth-order valence-corrected chi connectivity index (χ4v) is 2.86. The molecule has 90 valence electrons. The van der Waals surface area contributed by atoms with Crippen molar-refractivity contribution in [1.82, 2.24) is 4.98 Å². The van der Waals surface area contributed by atoms with Crippen LogP contribution < -0.4 is 5.32 Å². The van der Waals surface area contributed by atoms with Gasteiger partial charge in [-0.25, -0.2) is 0 Å². The normalized spacial score (nSPS) is 10.7. The summed E-state index contributed by atoms with van der Waals surface area (Å²) in [5.41, 5.74) is 3.53. The molecule has 0 atom stereocenters. The zero-order chi connectivity index (χ0) is 12.4. The van der Waals surface area contributed by atoms with Gasteiger partial charge in [-0.15, -0.1) is 11.3 Å². The Morgan fingerprint density at radius 1 is 1.17 bits per heavy atom. The monoisotopic (exact) mass is 254 g/mol. The molecular weight excluding hydrogens is 240 g/mol. The molecule has 3 rings (SSSR count). The molecule has 0 saturated heterocycles. The van der Waals surface area contributed by atoms with Crippen molar-refractivity contribution in [3.8, 4) is 0 Å². The van der Waals surface area contributed by atoms with E-state index in [2.05, 4.69) is 40.8 Å². The molecule has 0 aliphatic heterocycles. The number of fused-ring (bicyclic) bond motifs is 1. The van der Waals surface area contributed by atoms with Gasteiger partial charge in [0.15, 0.2) is 0 Å². The maximum absolute atomic E-state index is 4.37. The lowest BCUT2D eigenvalue weighted by Crippen LogP contribution is -1.99. The van der Waals surface area contributed by atoms with E-state index in [1.807, 2.05) is 24.4 Å². The molecule has 3 aromatic rings. The molecule has 0 unspecified atom stereocenters. The van der Waals surface area contributed by atoms with Crippen LogP contribution >= 0.6 is 11.3 Å². The van der Waals surface area contributed by atoms with Gasteiger partial charge in [0.25, 0.3) is 0 Å². The van der Waals surface area contributed by atoms with Crippen LogP contribution in [-0.4, -0.2) is 4.98 Å². The maximum atomic E-state index is 4.37. The number of thiophene rings is 1. The third kappa shape index (κ3) is 2.09. The average molecular weight is 254 g/mol. The van der Waals surface area contributed by atoms with Crippen LogP contribution in [0.5, 0.6) is 0 Å². The van der Waals surface area contributed by atoms with E-state index in [9.17, 15) is 0 Å². The van der Waals surface area contributed by atoms with Crippen molar-refractivity contribution >= 4 is 27.9 Å². The van der Waals surface area contributed by atoms with Crippen LogP contribution in [0.15, 0.2) is 48.0 Å². The minimum absolute atomic E-state index is 0.873. The van der Waals surface area contributed by atoms with Crippen molar-refractivity contribution in [2.24, 2.45) is 0 Å². The molecule has 2 nitrogen and oxygen atoms in total. The molecule has 0 aliphatic rings. The van der Waals surface area contributed by atoms with Crippen LogP contribution in [-0.2, 0) is 6.54 Å². The van der Waals surface area contributed by atoms with E-state index in [1.165, 1.54) is 15.8 Å². The SMILES string of the molecule is Cc1ccsc1CNc1cccc2ncccc12. The molecule has 2 aromatic heterocycles. The fourth-order valence-electron chi connectivity index (χ4n) is 2.02. The van der Waals surface area contributed by atoms with Gasteiger partial charge < -0.3 is 5.32 Å². The van der Waals surface area contributed by atoms with Crippen molar-refractivity contribution in [3.63, 3.8) is 0 Å². The molecule has 1 N–H and O–H groups in total. The van der Waals surface area contributed by atoms with Crippen LogP contribution in [0.4, 0.5) is 5.69 Å². The first-order valence-electron chi connectivity index (χ1n) is 5.95. The highest BCUT2D eigenvalue weighted by atomic mass is 32.1. The summed E-state index contributed by atoms with van der Waals surface area (Å²) in [4.78, 5) is 5.75. The number of aromatic nitrogens is 1. The summed E-state index contributed by atoms with van der Waals surface area (Å²) < 4.78 is 0. The van der Waals surface area contributed by atoms with Crippen molar-refractivity contribution < 1.29 is 0 Å². The van der Waals surface area contributed by atoms with E-state index in [0.717, 1.165) is 17.7 Å². The summed E-state index contributed by atoms with van der Waals surface area (Å²) in [5, 5.41) is 6.81. The molecule has 0 spiro atoms. The number of hydrogen-bond acceptors (Lipinski definition) is 3. The molecule has 0 amide bonds. The Kier molecular flexibility index (Phi) is 2.99. The molecular formula is C15H14N2S. The highest BCUT2D eigenvalue weighted by molar-refractivity contribution is 7.10. The molecule has 3 heteroatoms. The Morgan fingerprint density at radius 2 is 2.11 bits per heavy atom. The van der Waals surface area contributed by atoms with Crippen molar-refractivity contribution in [2.75, 3.05) is 5.32 Å². The number of anilines is 1. The van der Waals surface area contributed by atoms with Crippen molar-refractivity contribution in [3.05, 3.63) is 58.4 Å². The first kappa shape index (κ1) is 11.2. The first-order chi connectivity index (χ1) is 8.84. The van der Waals surface area contributed by atoms with E-state index in [0.29, 0.717) is 0 Å². The summed E-state index contributed by atoms with van der Waals surface area (Å²) in [7, 11) is 0. The van der Waals surface area contributed by atoms with Gasteiger partial charge in [-0.05, 0) is 48.2 Å². The Balaban J connectivity index is 1.89. The highest BCUT2D eigenvalue weighted by Gasteiger charge is 2.03. The predicted molar refractivity (Wildman–Crippen MR) is 78.1 cm³/mol. The largest absolute Gasteiger partial charge is 0.380 e. The lowest BCUT2D eigenvalue weighted by Gasteiger charge is -2.08. The Morgan fingerprint density at radius 3 is 2.94 bits per heavy atom. The topological polar surface area (TPSA) is 24.9 Å². The van der Waals surface area contributed by atoms with E-state index >= 15 is 0 Å². The minimum atomic E-state index is 0.873. The van der Waals surface area contributed by atoms with Crippen LogP contribution in [0, 0.1) is 6.92 Å². The van der Waals surface area contributed by atoms with Crippen LogP contribution in [0.25, 0.3) is 10.9 Å². The summed E-state index contributed by atoms with van der Waals surface area (Å²) in [5.74, 6) is 0. The highest BCUT2D eigenvalue weighted by Crippen LogP contribution is 2.23. The second kappa shape index (κ2) is 4.78. The number of benzene rings is 1. The molecule has 18 heavy (non-hydrogen) atoms. The van der Waals surface area contributed by atoms with Gasteiger partial charge in [0.05, 0.1) is 5.52 Å². The average Bonchev–Trinajstić information content (AvgIpc) is 2.82. The summed E-state index contributed by atoms with van der Waals surface area (Å²) >= 11 is 1.80. The standard InChI is InChI=1S/C15H14N2S/c1-11-7-9-18-15(11)10-17-14-6-2-5-13-12(14)4-3-8-16-13/h2-9,17H,10H2,1H3. The Hall–Kier alpha value is -1.87. The Labute approximate surface area is 110 Å². The number of nitrogens with zero attached hydrogens (tertiary/aromatic N) is 1. The number of rotatable bonds is 3. The summed E-state index contributed by atoms with van der Waals surface area (Å²) in [6, 6.07) is 12.4. The molecule has 0 saturated carbocycles. The van der Waals surface area contributed by atoms with Crippen molar-refractivity contribution in [2.45, 2.75) is 13.5 Å². The molecule has 0 aliphatic carbocycles. The van der Waals surface area contributed by atoms with E-state index in [1.54, 1.807) is 11.3 Å². The predicted octanol–water partition coefficient (Wildman–Crippen LogP) is 4.22. The van der Waals surface area contributed by atoms with Crippen LogP contribution in [0.3, 0.4) is 0 Å². The Bertz CT molecular complexity index is 668. The van der Waals surface area contributed by atoms with Gasteiger partial charge >= 0.3 is 0 Å². The number of pyridine rings is 1. The third-order valence-electron chi connectivity index (χ3n) is 3.05. The molecule has 1 aromatic carbocycles. The van der Waals surface area contributed by atoms with Gasteiger partial charge in [-0.3, -0.25) is 4.98 Å². The second-order valence-electron chi connectivity index (χ2n) is 4.26. The van der Waals surface area contributed by atoms with Gasteiger partial charge in [0, 0.05) is 28.7 Å². The first-order valence-corrected chi connectivity index (χ1v) is 6.83. The molecule has 2 heterocycles. The van der Waals surface area contributed by atoms with Gasteiger partial charge in [-0.2, -0.15) is 0 Å². The minimum Gasteiger partial charge on any atom is -0.380 e. The lowest BCUT2D eigenvalue weighted by molar-refractivity contribution is 1.17. The van der Waals surface area contributed by atoms with Crippen LogP contribution in [0.1, 0.15) is 10.4 Å². The summed E-state index contributed by atoms with van der Waals surface area (Å²) in [6.45, 7) is 3.02. The number of aryl methyl sites for hydroxylation is 1. The van der Waals surface area contributed by atoms with Crippen molar-refractivity contribution in [1.29, 1.82) is 0 Å². The molecule has 0 radical (unpaired) electrons. The van der Waals surface area contributed by atoms with Gasteiger partial charge in [0.2, 0.25) is 0 Å². The van der Waals surface area contributed by atoms with E-state index in [-0.39, 0.29) is 0 Å². The zero-order valence-corrected chi connectivity index (χ0v) is 11.0. The van der Waals surface area contributed by atoms with Gasteiger partial charge in [-0.1, -0.05) is 6.07 Å². The smallest absolute Gasteiger partial charge is 0.0722 e. The van der Waals surface area contributed by atoms with E-state index in [4.69, 9.17) is 0 Å². The second-order valence-corrected chi connectivity index (χ2v) is 5.26. The maximum Gasteiger partial charge on any atom is 0.0722 e. The summed E-state index contributed by atoms with van der Waals surface area (Å²) in [6.07, 6.45) is 1.83. The third-order valence-corrected chi connectivity index (χ3v) is 4.08. The van der Waals surface area contributed by atoms with Gasteiger partial charge in [0.1, 0.15) is 0 Å². The number of nitrogens with one attached hydrogen (secondary N) is 1. The fraction of sp³-hybridized carbons (Fsp3) is 0.133.